The van der Waals surface area contributed by atoms with Crippen LogP contribution >= 0.6 is 11.6 Å². The number of benzene rings is 1. The molecule has 1 heterocycles. The molecule has 1 aromatic rings. The molecule has 1 atom stereocenters. The number of anilines is 1. The highest BCUT2D eigenvalue weighted by Gasteiger charge is 2.34. The van der Waals surface area contributed by atoms with E-state index in [1.165, 1.54) is 0 Å². The summed E-state index contributed by atoms with van der Waals surface area (Å²) < 4.78 is 0. The minimum atomic E-state index is -0.276. The molecule has 6 heteroatoms. The lowest BCUT2D eigenvalue weighted by atomic mass is 10.1. The van der Waals surface area contributed by atoms with E-state index in [9.17, 15) is 9.59 Å². The van der Waals surface area contributed by atoms with E-state index in [1.807, 2.05) is 0 Å². The number of amides is 2. The molecule has 2 rings (SSSR count). The van der Waals surface area contributed by atoms with Gasteiger partial charge in [-0.3, -0.25) is 9.59 Å². The zero-order chi connectivity index (χ0) is 16.7. The number of hydrogen-bond acceptors (Lipinski definition) is 3. The molecule has 1 unspecified atom stereocenters. The number of halogens is 1. The van der Waals surface area contributed by atoms with E-state index in [2.05, 4.69) is 5.32 Å². The summed E-state index contributed by atoms with van der Waals surface area (Å²) in [7, 11) is 0. The fourth-order valence-corrected chi connectivity index (χ4v) is 2.86. The summed E-state index contributed by atoms with van der Waals surface area (Å²) in [6.45, 7) is 1.81. The minimum absolute atomic E-state index is 0.0181. The molecule has 0 bridgehead atoms. The van der Waals surface area contributed by atoms with Crippen LogP contribution in [0.15, 0.2) is 24.3 Å². The van der Waals surface area contributed by atoms with Gasteiger partial charge in [0, 0.05) is 30.2 Å². The van der Waals surface area contributed by atoms with E-state index >= 15 is 0 Å². The number of hydrogen-bond donors (Lipinski definition) is 2. The minimum Gasteiger partial charge on any atom is -0.356 e. The van der Waals surface area contributed by atoms with Crippen molar-refractivity contribution >= 4 is 29.1 Å². The molecule has 1 fully saturated rings. The largest absolute Gasteiger partial charge is 0.356 e. The van der Waals surface area contributed by atoms with Gasteiger partial charge in [0.1, 0.15) is 0 Å². The number of unbranched alkanes of at least 4 members (excludes halogenated alkanes) is 3. The highest BCUT2D eigenvalue weighted by Crippen LogP contribution is 2.26. The maximum atomic E-state index is 12.2. The van der Waals surface area contributed by atoms with Crippen LogP contribution < -0.4 is 16.0 Å². The Morgan fingerprint density at radius 2 is 1.91 bits per heavy atom. The molecule has 126 valence electrons. The first-order valence-corrected chi connectivity index (χ1v) is 8.53. The van der Waals surface area contributed by atoms with Gasteiger partial charge in [-0.1, -0.05) is 24.4 Å². The average molecular weight is 338 g/mol. The highest BCUT2D eigenvalue weighted by atomic mass is 35.5. The van der Waals surface area contributed by atoms with Crippen molar-refractivity contribution in [3.8, 4) is 0 Å². The molecular formula is C17H24ClN3O2. The van der Waals surface area contributed by atoms with Crippen LogP contribution in [0.1, 0.15) is 32.1 Å². The Labute approximate surface area is 142 Å². The van der Waals surface area contributed by atoms with Crippen molar-refractivity contribution in [2.24, 2.45) is 11.7 Å². The SMILES string of the molecule is NCCCCCCNC(=O)C1CC(=O)N(c2ccc(Cl)cc2)C1. The fourth-order valence-electron chi connectivity index (χ4n) is 2.73. The van der Waals surface area contributed by atoms with Gasteiger partial charge in [-0.05, 0) is 43.7 Å². The van der Waals surface area contributed by atoms with Crippen molar-refractivity contribution in [2.45, 2.75) is 32.1 Å². The van der Waals surface area contributed by atoms with Crippen molar-refractivity contribution in [1.29, 1.82) is 0 Å². The third kappa shape index (κ3) is 5.22. The highest BCUT2D eigenvalue weighted by molar-refractivity contribution is 6.30. The first-order valence-electron chi connectivity index (χ1n) is 8.15. The van der Waals surface area contributed by atoms with Gasteiger partial charge in [0.15, 0.2) is 0 Å². The summed E-state index contributed by atoms with van der Waals surface area (Å²) in [4.78, 5) is 26.0. The zero-order valence-electron chi connectivity index (χ0n) is 13.3. The molecule has 0 radical (unpaired) electrons. The Hall–Kier alpha value is -1.59. The van der Waals surface area contributed by atoms with E-state index < -0.39 is 0 Å². The summed E-state index contributed by atoms with van der Waals surface area (Å²) in [6, 6.07) is 7.10. The lowest BCUT2D eigenvalue weighted by molar-refractivity contribution is -0.126. The lowest BCUT2D eigenvalue weighted by Gasteiger charge is -2.16. The third-order valence-electron chi connectivity index (χ3n) is 4.06. The summed E-state index contributed by atoms with van der Waals surface area (Å²) in [5.41, 5.74) is 6.23. The van der Waals surface area contributed by atoms with Crippen LogP contribution in [-0.4, -0.2) is 31.4 Å². The predicted octanol–water partition coefficient (Wildman–Crippen LogP) is 2.33. The Balaban J connectivity index is 1.77. The summed E-state index contributed by atoms with van der Waals surface area (Å²) in [5, 5.41) is 3.56. The maximum absolute atomic E-state index is 12.2. The van der Waals surface area contributed by atoms with Crippen LogP contribution in [0, 0.1) is 5.92 Å². The topological polar surface area (TPSA) is 75.4 Å². The van der Waals surface area contributed by atoms with Gasteiger partial charge in [-0.15, -0.1) is 0 Å². The molecule has 1 aliphatic rings. The second kappa shape index (κ2) is 8.89. The molecule has 23 heavy (non-hydrogen) atoms. The van der Waals surface area contributed by atoms with E-state index in [0.29, 0.717) is 18.1 Å². The Bertz CT molecular complexity index is 533. The molecule has 0 aromatic heterocycles. The van der Waals surface area contributed by atoms with Crippen LogP contribution in [0.25, 0.3) is 0 Å². The second-order valence-electron chi connectivity index (χ2n) is 5.88. The van der Waals surface area contributed by atoms with Gasteiger partial charge in [-0.25, -0.2) is 0 Å². The molecule has 1 aromatic carbocycles. The van der Waals surface area contributed by atoms with E-state index in [-0.39, 0.29) is 24.2 Å². The van der Waals surface area contributed by atoms with Crippen molar-refractivity contribution in [1.82, 2.24) is 5.32 Å². The molecular weight excluding hydrogens is 314 g/mol. The molecule has 0 spiro atoms. The first kappa shape index (κ1) is 17.8. The number of carbonyl (C=O) groups excluding carboxylic acids is 2. The summed E-state index contributed by atoms with van der Waals surface area (Å²) >= 11 is 5.86. The number of carbonyl (C=O) groups is 2. The third-order valence-corrected chi connectivity index (χ3v) is 4.32. The van der Waals surface area contributed by atoms with E-state index in [4.69, 9.17) is 17.3 Å². The van der Waals surface area contributed by atoms with Gasteiger partial charge < -0.3 is 16.0 Å². The second-order valence-corrected chi connectivity index (χ2v) is 6.31. The maximum Gasteiger partial charge on any atom is 0.227 e. The number of nitrogens with zero attached hydrogens (tertiary/aromatic N) is 1. The van der Waals surface area contributed by atoms with Gasteiger partial charge in [-0.2, -0.15) is 0 Å². The summed E-state index contributed by atoms with van der Waals surface area (Å²) in [5.74, 6) is -0.328. The Morgan fingerprint density at radius 1 is 1.22 bits per heavy atom. The summed E-state index contributed by atoms with van der Waals surface area (Å²) in [6.07, 6.45) is 4.41. The van der Waals surface area contributed by atoms with E-state index in [0.717, 1.165) is 37.9 Å². The van der Waals surface area contributed by atoms with Gasteiger partial charge >= 0.3 is 0 Å². The van der Waals surface area contributed by atoms with Crippen LogP contribution in [0.3, 0.4) is 0 Å². The monoisotopic (exact) mass is 337 g/mol. The first-order chi connectivity index (χ1) is 11.1. The van der Waals surface area contributed by atoms with Crippen LogP contribution in [-0.2, 0) is 9.59 Å². The molecule has 5 nitrogen and oxygen atoms in total. The Kier molecular flexibility index (Phi) is 6.86. The average Bonchev–Trinajstić information content (AvgIpc) is 2.93. The predicted molar refractivity (Wildman–Crippen MR) is 92.4 cm³/mol. The molecule has 2 amide bonds. The smallest absolute Gasteiger partial charge is 0.227 e. The van der Waals surface area contributed by atoms with Crippen molar-refractivity contribution in [3.05, 3.63) is 29.3 Å². The van der Waals surface area contributed by atoms with Crippen molar-refractivity contribution in [3.63, 3.8) is 0 Å². The molecule has 1 saturated heterocycles. The van der Waals surface area contributed by atoms with Gasteiger partial charge in [0.05, 0.1) is 5.92 Å². The quantitative estimate of drug-likeness (QED) is 0.715. The standard InChI is InChI=1S/C17H24ClN3O2/c18-14-5-7-15(8-6-14)21-12-13(11-16(21)22)17(23)20-10-4-2-1-3-9-19/h5-8,13H,1-4,9-12,19H2,(H,20,23). The Morgan fingerprint density at radius 3 is 2.61 bits per heavy atom. The molecule has 3 N–H and O–H groups in total. The van der Waals surface area contributed by atoms with Crippen molar-refractivity contribution < 1.29 is 9.59 Å². The molecule has 0 aliphatic carbocycles. The van der Waals surface area contributed by atoms with Gasteiger partial charge in [0.2, 0.25) is 11.8 Å². The van der Waals surface area contributed by atoms with Crippen molar-refractivity contribution in [2.75, 3.05) is 24.5 Å². The number of nitrogens with one attached hydrogen (secondary N) is 1. The van der Waals surface area contributed by atoms with Crippen LogP contribution in [0.4, 0.5) is 5.69 Å². The number of rotatable bonds is 8. The zero-order valence-corrected chi connectivity index (χ0v) is 14.0. The fraction of sp³-hybridized carbons (Fsp3) is 0.529. The van der Waals surface area contributed by atoms with E-state index in [1.54, 1.807) is 29.2 Å². The molecule has 0 saturated carbocycles. The normalized spacial score (nSPS) is 17.6. The number of nitrogens with two attached hydrogens (primary N) is 1. The van der Waals surface area contributed by atoms with Crippen LogP contribution in [0.5, 0.6) is 0 Å². The van der Waals surface area contributed by atoms with Gasteiger partial charge in [0.25, 0.3) is 0 Å². The lowest BCUT2D eigenvalue weighted by Crippen LogP contribution is -2.33. The molecule has 1 aliphatic heterocycles. The van der Waals surface area contributed by atoms with Crippen LogP contribution in [0.2, 0.25) is 5.02 Å².